The summed E-state index contributed by atoms with van der Waals surface area (Å²) in [6.07, 6.45) is 20.3. The fourth-order valence-corrected chi connectivity index (χ4v) is 17.4. The van der Waals surface area contributed by atoms with Gasteiger partial charge in [-0.1, -0.05) is 126 Å². The van der Waals surface area contributed by atoms with E-state index in [2.05, 4.69) is 133 Å². The maximum atomic E-state index is 2.91. The smallest absolute Gasteiger partial charge is 0.00264 e. The molecular formula is C40H66S. The molecule has 0 heterocycles. The van der Waals surface area contributed by atoms with Crippen molar-refractivity contribution < 1.29 is 0 Å². The van der Waals surface area contributed by atoms with Crippen LogP contribution in [0.4, 0.5) is 0 Å². The molecule has 1 heteroatoms. The molecule has 41 heavy (non-hydrogen) atoms. The van der Waals surface area contributed by atoms with Crippen LogP contribution >= 0.6 is 10.0 Å². The maximum Gasteiger partial charge on any atom is 0.00264 e. The first-order valence-corrected chi connectivity index (χ1v) is 19.8. The molecule has 3 fully saturated rings. The van der Waals surface area contributed by atoms with Crippen molar-refractivity contribution in [2.24, 2.45) is 81.8 Å². The van der Waals surface area contributed by atoms with Gasteiger partial charge < -0.3 is 0 Å². The third-order valence-electron chi connectivity index (χ3n) is 13.9. The zero-order valence-corrected chi connectivity index (χ0v) is 30.2. The molecule has 0 nitrogen and oxygen atoms in total. The van der Waals surface area contributed by atoms with Crippen LogP contribution < -0.4 is 0 Å². The average molecular weight is 579 g/mol. The highest BCUT2D eigenvalue weighted by atomic mass is 32.3. The van der Waals surface area contributed by atoms with E-state index in [1.807, 2.05) is 0 Å². The van der Waals surface area contributed by atoms with Gasteiger partial charge in [0.15, 0.2) is 0 Å². The second kappa shape index (κ2) is 10.7. The van der Waals surface area contributed by atoms with E-state index in [4.69, 9.17) is 0 Å². The number of hydrogen-bond acceptors (Lipinski definition) is 0. The van der Waals surface area contributed by atoms with E-state index >= 15 is 0 Å². The second-order valence-electron chi connectivity index (χ2n) is 17.9. The first-order chi connectivity index (χ1) is 18.9. The van der Waals surface area contributed by atoms with Gasteiger partial charge in [-0.2, -0.15) is 0 Å². The molecule has 0 N–H and O–H groups in total. The van der Waals surface area contributed by atoms with Gasteiger partial charge in [0, 0.05) is 5.25 Å². The zero-order chi connectivity index (χ0) is 30.4. The topological polar surface area (TPSA) is 0 Å². The molecule has 14 atom stereocenters. The third kappa shape index (κ3) is 4.93. The van der Waals surface area contributed by atoms with Gasteiger partial charge >= 0.3 is 0 Å². The Morgan fingerprint density at radius 1 is 0.561 bits per heavy atom. The van der Waals surface area contributed by atoms with Crippen LogP contribution in [0.15, 0.2) is 47.6 Å². The summed E-state index contributed by atoms with van der Waals surface area (Å²) in [5.41, 5.74) is 3.57. The molecule has 5 rings (SSSR count). The summed E-state index contributed by atoms with van der Waals surface area (Å²) in [5, 5.41) is 1.66. The minimum atomic E-state index is -0.931. The number of hydrogen-bond donors (Lipinski definition) is 0. The van der Waals surface area contributed by atoms with E-state index in [0.717, 1.165) is 57.8 Å². The summed E-state index contributed by atoms with van der Waals surface area (Å²) in [5.74, 6) is 10.9. The van der Waals surface area contributed by atoms with Gasteiger partial charge in [-0.3, -0.25) is 0 Å². The van der Waals surface area contributed by atoms with Gasteiger partial charge in [0.25, 0.3) is 0 Å². The summed E-state index contributed by atoms with van der Waals surface area (Å²) in [7, 11) is -0.931. The minimum Gasteiger partial charge on any atom is -0.236 e. The van der Waals surface area contributed by atoms with E-state index in [0.29, 0.717) is 23.7 Å². The highest BCUT2D eigenvalue weighted by Gasteiger charge is 2.63. The van der Waals surface area contributed by atoms with Crippen molar-refractivity contribution in [1.82, 2.24) is 0 Å². The van der Waals surface area contributed by atoms with Crippen LogP contribution in [0.25, 0.3) is 0 Å². The SMILES string of the molecule is CCCS(C)(C1C2C=C(C(C)(C)C)C=CC2C2C=CC(C(C)(C)C)=CC21)C1C(C)C(C)C2C(C)C(C)C(C)C(C)C21. The molecule has 0 radical (unpaired) electrons. The van der Waals surface area contributed by atoms with Crippen molar-refractivity contribution in [3.63, 3.8) is 0 Å². The van der Waals surface area contributed by atoms with Crippen molar-refractivity contribution in [2.75, 3.05) is 12.0 Å². The lowest BCUT2D eigenvalue weighted by molar-refractivity contribution is 0.0152. The van der Waals surface area contributed by atoms with E-state index in [1.54, 1.807) is 11.1 Å². The molecule has 0 aromatic carbocycles. The van der Waals surface area contributed by atoms with Crippen molar-refractivity contribution in [1.29, 1.82) is 0 Å². The lowest BCUT2D eigenvalue weighted by atomic mass is 9.58. The Kier molecular flexibility index (Phi) is 8.31. The average Bonchev–Trinajstić information content (AvgIpc) is 3.36. The number of allylic oxidation sites excluding steroid dienone is 8. The van der Waals surface area contributed by atoms with E-state index in [1.165, 1.54) is 12.2 Å². The van der Waals surface area contributed by atoms with Gasteiger partial charge in [-0.15, -0.1) is 0 Å². The van der Waals surface area contributed by atoms with Crippen LogP contribution in [0.2, 0.25) is 0 Å². The lowest BCUT2D eigenvalue weighted by Crippen LogP contribution is -2.48. The predicted molar refractivity (Wildman–Crippen MR) is 186 cm³/mol. The largest absolute Gasteiger partial charge is 0.236 e. The monoisotopic (exact) mass is 578 g/mol. The Hall–Kier alpha value is -0.690. The third-order valence-corrected chi connectivity index (χ3v) is 19.1. The molecule has 232 valence electrons. The molecule has 0 aromatic heterocycles. The number of fused-ring (bicyclic) bond motifs is 4. The van der Waals surface area contributed by atoms with Crippen LogP contribution in [0, 0.1) is 81.8 Å². The van der Waals surface area contributed by atoms with Crippen molar-refractivity contribution in [3.05, 3.63) is 47.6 Å². The van der Waals surface area contributed by atoms with Crippen LogP contribution in [-0.2, 0) is 0 Å². The van der Waals surface area contributed by atoms with E-state index < -0.39 is 10.0 Å². The predicted octanol–water partition coefficient (Wildman–Crippen LogP) is 11.2. The minimum absolute atomic E-state index is 0.206. The van der Waals surface area contributed by atoms with Crippen LogP contribution in [0.5, 0.6) is 0 Å². The van der Waals surface area contributed by atoms with Crippen LogP contribution in [0.3, 0.4) is 0 Å². The molecule has 0 saturated heterocycles. The Morgan fingerprint density at radius 2 is 0.976 bits per heavy atom. The first kappa shape index (κ1) is 31.7. The summed E-state index contributed by atoms with van der Waals surface area (Å²) in [4.78, 5) is 0. The summed E-state index contributed by atoms with van der Waals surface area (Å²) >= 11 is 0. The fraction of sp³-hybridized carbons (Fsp3) is 0.800. The first-order valence-electron chi connectivity index (χ1n) is 17.5. The van der Waals surface area contributed by atoms with Gasteiger partial charge in [0.2, 0.25) is 0 Å². The Labute approximate surface area is 257 Å². The summed E-state index contributed by atoms with van der Waals surface area (Å²) < 4.78 is 0. The second-order valence-corrected chi connectivity index (χ2v) is 21.9. The molecule has 0 aliphatic heterocycles. The van der Waals surface area contributed by atoms with Crippen molar-refractivity contribution in [3.8, 4) is 0 Å². The molecule has 0 amide bonds. The number of rotatable bonds is 4. The summed E-state index contributed by atoms with van der Waals surface area (Å²) in [6.45, 7) is 32.9. The van der Waals surface area contributed by atoms with Crippen LogP contribution in [-0.4, -0.2) is 22.5 Å². The Balaban J connectivity index is 1.69. The molecule has 5 aliphatic carbocycles. The quantitative estimate of drug-likeness (QED) is 0.311. The Bertz CT molecular complexity index is 1050. The van der Waals surface area contributed by atoms with Gasteiger partial charge in [-0.05, 0) is 117 Å². The van der Waals surface area contributed by atoms with E-state index in [-0.39, 0.29) is 10.8 Å². The highest BCUT2D eigenvalue weighted by Crippen LogP contribution is 2.74. The van der Waals surface area contributed by atoms with Crippen LogP contribution in [0.1, 0.15) is 96.4 Å². The molecule has 0 bridgehead atoms. The Morgan fingerprint density at radius 3 is 1.39 bits per heavy atom. The van der Waals surface area contributed by atoms with E-state index in [9.17, 15) is 0 Å². The van der Waals surface area contributed by atoms with Gasteiger partial charge in [-0.25, -0.2) is 10.0 Å². The molecule has 5 aliphatic rings. The molecule has 3 saturated carbocycles. The standard InChI is InChI=1S/C40H66S/c1-15-20-41(14,37-28(7)27(6)35-25(4)23(2)24(3)26(5)36(35)37)38-33-21-29(39(8,9)10)16-18-31(33)32-19-17-30(22-34(32)38)40(11,12)13/h16-19,21-28,31-38H,15,20H2,1-14H3. The normalized spacial score (nSPS) is 48.0. The molecule has 0 aromatic rings. The highest BCUT2D eigenvalue weighted by molar-refractivity contribution is 8.34. The zero-order valence-electron chi connectivity index (χ0n) is 29.4. The van der Waals surface area contributed by atoms with Gasteiger partial charge in [0.05, 0.1) is 0 Å². The molecule has 0 spiro atoms. The molecule has 14 unspecified atom stereocenters. The molecular weight excluding hydrogens is 513 g/mol. The fourth-order valence-electron chi connectivity index (χ4n) is 11.3. The van der Waals surface area contributed by atoms with Crippen molar-refractivity contribution >= 4 is 10.0 Å². The summed E-state index contributed by atoms with van der Waals surface area (Å²) in [6, 6.07) is 0. The lowest BCUT2D eigenvalue weighted by Gasteiger charge is -2.58. The van der Waals surface area contributed by atoms with Crippen molar-refractivity contribution in [2.45, 2.75) is 107 Å². The van der Waals surface area contributed by atoms with Gasteiger partial charge in [0.1, 0.15) is 0 Å². The maximum absolute atomic E-state index is 2.91.